The number of rotatable bonds is 6. The van der Waals surface area contributed by atoms with Gasteiger partial charge in [-0.25, -0.2) is 4.79 Å². The van der Waals surface area contributed by atoms with Crippen LogP contribution in [0.15, 0.2) is 52.1 Å². The summed E-state index contributed by atoms with van der Waals surface area (Å²) in [6, 6.07) is 13.8. The Bertz CT molecular complexity index is 1450. The molecule has 172 valence electrons. The zero-order valence-corrected chi connectivity index (χ0v) is 18.8. The summed E-state index contributed by atoms with van der Waals surface area (Å²) in [5.41, 5.74) is -0.210. The van der Waals surface area contributed by atoms with E-state index in [2.05, 4.69) is 9.88 Å². The lowest BCUT2D eigenvalue weighted by molar-refractivity contribution is 0.0937. The van der Waals surface area contributed by atoms with Gasteiger partial charge in [-0.1, -0.05) is 30.3 Å². The fraction of sp³-hybridized carbons (Fsp3) is 0.375. The maximum atomic E-state index is 13.0. The fourth-order valence-corrected chi connectivity index (χ4v) is 4.48. The molecule has 33 heavy (non-hydrogen) atoms. The molecule has 1 saturated heterocycles. The summed E-state index contributed by atoms with van der Waals surface area (Å²) >= 11 is 0. The average molecular weight is 450 g/mol. The molecule has 1 N–H and O–H groups in total. The second-order valence-corrected chi connectivity index (χ2v) is 8.57. The molecule has 9 heteroatoms. The molecule has 0 aliphatic carbocycles. The maximum Gasteiger partial charge on any atom is 0.332 e. The number of aryl methyl sites for hydroxylation is 1. The Kier molecular flexibility index (Phi) is 5.41. The second-order valence-electron chi connectivity index (χ2n) is 8.57. The lowest BCUT2D eigenvalue weighted by Crippen LogP contribution is -2.38. The Labute approximate surface area is 190 Å². The van der Waals surface area contributed by atoms with Crippen LogP contribution in [0.3, 0.4) is 0 Å². The minimum atomic E-state index is -0.878. The molecule has 3 heterocycles. The summed E-state index contributed by atoms with van der Waals surface area (Å²) in [5, 5.41) is 13.0. The molecule has 1 atom stereocenters. The van der Waals surface area contributed by atoms with Crippen LogP contribution in [0.2, 0.25) is 0 Å². The first-order valence-electron chi connectivity index (χ1n) is 11.1. The molecule has 4 aromatic rings. The number of ether oxygens (including phenoxy) is 1. The van der Waals surface area contributed by atoms with Gasteiger partial charge in [0.1, 0.15) is 18.5 Å². The fourth-order valence-electron chi connectivity index (χ4n) is 4.48. The number of nitrogens with zero attached hydrogens (tertiary/aromatic N) is 5. The van der Waals surface area contributed by atoms with Gasteiger partial charge >= 0.3 is 5.69 Å². The van der Waals surface area contributed by atoms with Gasteiger partial charge in [0.15, 0.2) is 11.2 Å². The Hall–Kier alpha value is -3.59. The van der Waals surface area contributed by atoms with Gasteiger partial charge in [0.2, 0.25) is 5.95 Å². The van der Waals surface area contributed by atoms with Crippen LogP contribution in [0, 0.1) is 0 Å². The van der Waals surface area contributed by atoms with Gasteiger partial charge in [0, 0.05) is 27.2 Å². The number of imidazole rings is 1. The summed E-state index contributed by atoms with van der Waals surface area (Å²) in [6.07, 6.45) is 1.19. The Balaban J connectivity index is 1.45. The number of aromatic nitrogens is 4. The molecular weight excluding hydrogens is 422 g/mol. The van der Waals surface area contributed by atoms with Crippen LogP contribution in [0.5, 0.6) is 5.75 Å². The molecule has 2 aromatic carbocycles. The summed E-state index contributed by atoms with van der Waals surface area (Å²) in [5.74, 6) is 1.27. The van der Waals surface area contributed by atoms with Crippen molar-refractivity contribution in [3.8, 4) is 5.75 Å². The van der Waals surface area contributed by atoms with Gasteiger partial charge in [-0.3, -0.25) is 13.9 Å². The van der Waals surface area contributed by atoms with Gasteiger partial charge in [-0.15, -0.1) is 0 Å². The minimum absolute atomic E-state index is 0.0591. The number of anilines is 1. The molecule has 0 bridgehead atoms. The summed E-state index contributed by atoms with van der Waals surface area (Å²) in [7, 11) is 3.06. The molecule has 1 fully saturated rings. The highest BCUT2D eigenvalue weighted by atomic mass is 16.5. The normalized spacial score (nSPS) is 14.9. The molecule has 0 saturated carbocycles. The highest BCUT2D eigenvalue weighted by Crippen LogP contribution is 2.24. The standard InChI is InChI=1S/C24H27N5O4/c1-26-21-20(22(31)27(2)24(26)32)29(23(25-21)28-11-5-6-12-28)14-18(30)15-33-19-10-9-16-7-3-4-8-17(16)13-19/h3-4,7-10,13,18,30H,5-6,11-12,14-15H2,1-2H3/t18-/m0/s1. The van der Waals surface area contributed by atoms with Crippen molar-refractivity contribution in [2.75, 3.05) is 24.6 Å². The van der Waals surface area contributed by atoms with Gasteiger partial charge in [0.05, 0.1) is 6.54 Å². The molecular formula is C24H27N5O4. The number of aliphatic hydroxyl groups is 1. The van der Waals surface area contributed by atoms with E-state index in [1.165, 1.54) is 11.6 Å². The van der Waals surface area contributed by atoms with Crippen molar-refractivity contribution in [2.45, 2.75) is 25.5 Å². The van der Waals surface area contributed by atoms with E-state index in [1.807, 2.05) is 42.5 Å². The second kappa shape index (κ2) is 8.40. The number of aliphatic hydroxyl groups excluding tert-OH is 1. The number of hydrogen-bond donors (Lipinski definition) is 1. The Morgan fingerprint density at radius 2 is 1.76 bits per heavy atom. The van der Waals surface area contributed by atoms with Crippen LogP contribution < -0.4 is 20.9 Å². The number of fused-ring (bicyclic) bond motifs is 2. The zero-order valence-electron chi connectivity index (χ0n) is 18.8. The van der Waals surface area contributed by atoms with Crippen LogP contribution in [0.4, 0.5) is 5.95 Å². The molecule has 0 amide bonds. The Morgan fingerprint density at radius 3 is 2.52 bits per heavy atom. The molecule has 9 nitrogen and oxygen atoms in total. The van der Waals surface area contributed by atoms with Gasteiger partial charge in [-0.05, 0) is 35.7 Å². The first-order chi connectivity index (χ1) is 15.9. The van der Waals surface area contributed by atoms with Crippen molar-refractivity contribution in [2.24, 2.45) is 14.1 Å². The highest BCUT2D eigenvalue weighted by Gasteiger charge is 2.25. The first kappa shape index (κ1) is 21.3. The van der Waals surface area contributed by atoms with Gasteiger partial charge in [-0.2, -0.15) is 4.98 Å². The zero-order chi connectivity index (χ0) is 23.1. The largest absolute Gasteiger partial charge is 0.491 e. The van der Waals surface area contributed by atoms with E-state index in [0.29, 0.717) is 22.9 Å². The quantitative estimate of drug-likeness (QED) is 0.481. The lowest BCUT2D eigenvalue weighted by Gasteiger charge is -2.20. The van der Waals surface area contributed by atoms with Crippen molar-refractivity contribution in [1.29, 1.82) is 0 Å². The molecule has 1 aliphatic rings. The minimum Gasteiger partial charge on any atom is -0.491 e. The third-order valence-corrected chi connectivity index (χ3v) is 6.27. The predicted octanol–water partition coefficient (Wildman–Crippen LogP) is 1.63. The van der Waals surface area contributed by atoms with Gasteiger partial charge in [0.25, 0.3) is 5.56 Å². The summed E-state index contributed by atoms with van der Waals surface area (Å²) in [6.45, 7) is 1.83. The number of benzene rings is 2. The summed E-state index contributed by atoms with van der Waals surface area (Å²) < 4.78 is 10.1. The van der Waals surface area contributed by atoms with Crippen molar-refractivity contribution in [3.63, 3.8) is 0 Å². The molecule has 0 spiro atoms. The van der Waals surface area contributed by atoms with E-state index < -0.39 is 17.4 Å². The predicted molar refractivity (Wildman–Crippen MR) is 127 cm³/mol. The monoisotopic (exact) mass is 449 g/mol. The van der Waals surface area contributed by atoms with E-state index in [9.17, 15) is 14.7 Å². The van der Waals surface area contributed by atoms with Crippen LogP contribution >= 0.6 is 0 Å². The lowest BCUT2D eigenvalue weighted by atomic mass is 10.1. The highest BCUT2D eigenvalue weighted by molar-refractivity contribution is 5.83. The van der Waals surface area contributed by atoms with E-state index in [0.717, 1.165) is 41.3 Å². The van der Waals surface area contributed by atoms with E-state index in [1.54, 1.807) is 11.6 Å². The van der Waals surface area contributed by atoms with Crippen molar-refractivity contribution >= 4 is 27.9 Å². The van der Waals surface area contributed by atoms with Crippen molar-refractivity contribution < 1.29 is 9.84 Å². The number of hydrogen-bond acceptors (Lipinski definition) is 6. The molecule has 5 rings (SSSR count). The molecule has 0 radical (unpaired) electrons. The Morgan fingerprint density at radius 1 is 1.03 bits per heavy atom. The van der Waals surface area contributed by atoms with Crippen LogP contribution in [-0.4, -0.2) is 49.6 Å². The van der Waals surface area contributed by atoms with E-state index in [-0.39, 0.29) is 13.2 Å². The molecule has 2 aromatic heterocycles. The third-order valence-electron chi connectivity index (χ3n) is 6.27. The SMILES string of the molecule is Cn1c(=O)c2c(nc(N3CCCC3)n2C[C@H](O)COc2ccc3ccccc3c2)n(C)c1=O. The van der Waals surface area contributed by atoms with Crippen LogP contribution in [0.25, 0.3) is 21.9 Å². The topological polar surface area (TPSA) is 94.5 Å². The third kappa shape index (κ3) is 3.78. The average Bonchev–Trinajstić information content (AvgIpc) is 3.48. The van der Waals surface area contributed by atoms with Crippen LogP contribution in [0.1, 0.15) is 12.8 Å². The van der Waals surface area contributed by atoms with Gasteiger partial charge < -0.3 is 19.3 Å². The summed E-state index contributed by atoms with van der Waals surface area (Å²) in [4.78, 5) is 32.2. The first-order valence-corrected chi connectivity index (χ1v) is 11.1. The van der Waals surface area contributed by atoms with E-state index >= 15 is 0 Å². The van der Waals surface area contributed by atoms with E-state index in [4.69, 9.17) is 4.74 Å². The van der Waals surface area contributed by atoms with Crippen LogP contribution in [-0.2, 0) is 20.6 Å². The maximum absolute atomic E-state index is 13.0. The molecule has 1 aliphatic heterocycles. The van der Waals surface area contributed by atoms with Crippen molar-refractivity contribution in [1.82, 2.24) is 18.7 Å². The van der Waals surface area contributed by atoms with Crippen molar-refractivity contribution in [3.05, 3.63) is 63.3 Å². The molecule has 0 unspecified atom stereocenters. The smallest absolute Gasteiger partial charge is 0.332 e.